The number of nitriles is 1. The number of nitrogens with zero attached hydrogens (tertiary/aromatic N) is 6. The average Bonchev–Trinajstić information content (AvgIpc) is 3.70. The number of anilines is 6. The van der Waals surface area contributed by atoms with Gasteiger partial charge in [0.15, 0.2) is 5.82 Å². The van der Waals surface area contributed by atoms with E-state index in [4.69, 9.17) is 9.97 Å². The average molecular weight is 833 g/mol. The van der Waals surface area contributed by atoms with Gasteiger partial charge >= 0.3 is 0 Å². The highest BCUT2D eigenvalue weighted by Gasteiger charge is 2.22. The lowest BCUT2D eigenvalue weighted by Crippen LogP contribution is -2.09. The summed E-state index contributed by atoms with van der Waals surface area (Å²) in [6, 6.07) is 86.0. The molecule has 306 valence electrons. The second-order valence-electron chi connectivity index (χ2n) is 15.8. The van der Waals surface area contributed by atoms with E-state index in [1.807, 2.05) is 84.9 Å². The van der Waals surface area contributed by atoms with Crippen molar-refractivity contribution < 1.29 is 0 Å². The zero-order valence-electron chi connectivity index (χ0n) is 35.3. The van der Waals surface area contributed by atoms with Crippen LogP contribution in [0.4, 0.5) is 34.1 Å². The van der Waals surface area contributed by atoms with Gasteiger partial charge in [-0.1, -0.05) is 140 Å². The molecular weight excluding hydrogens is 793 g/mol. The van der Waals surface area contributed by atoms with Crippen LogP contribution in [0.2, 0.25) is 0 Å². The third-order valence-electron chi connectivity index (χ3n) is 11.8. The highest BCUT2D eigenvalue weighted by Crippen LogP contribution is 2.43. The molecule has 6 heteroatoms. The van der Waals surface area contributed by atoms with Crippen LogP contribution in [-0.2, 0) is 0 Å². The van der Waals surface area contributed by atoms with Gasteiger partial charge < -0.3 is 14.4 Å². The smallest absolute Gasteiger partial charge is 0.160 e. The normalized spacial score (nSPS) is 11.1. The van der Waals surface area contributed by atoms with Gasteiger partial charge in [0, 0.05) is 61.6 Å². The van der Waals surface area contributed by atoms with E-state index in [2.05, 4.69) is 178 Å². The summed E-state index contributed by atoms with van der Waals surface area (Å²) in [6.07, 6.45) is 0. The number of hydrogen-bond acceptors (Lipinski definition) is 5. The minimum Gasteiger partial charge on any atom is -0.310 e. The van der Waals surface area contributed by atoms with Crippen LogP contribution in [-0.4, -0.2) is 14.5 Å². The zero-order valence-corrected chi connectivity index (χ0v) is 35.3. The van der Waals surface area contributed by atoms with E-state index in [-0.39, 0.29) is 0 Å². The summed E-state index contributed by atoms with van der Waals surface area (Å²) in [5.41, 5.74) is 13.8. The summed E-state index contributed by atoms with van der Waals surface area (Å²) in [5.74, 6) is 0.624. The molecule has 0 fully saturated rings. The third kappa shape index (κ3) is 7.43. The number of rotatable bonds is 10. The van der Waals surface area contributed by atoms with E-state index in [9.17, 15) is 5.26 Å². The van der Waals surface area contributed by atoms with E-state index < -0.39 is 0 Å². The molecule has 2 aromatic heterocycles. The molecule has 0 radical (unpaired) electrons. The lowest BCUT2D eigenvalue weighted by atomic mass is 10.0. The van der Waals surface area contributed by atoms with Crippen molar-refractivity contribution in [2.75, 3.05) is 9.80 Å². The standard InChI is InChI=1S/C59H40N6/c60-41-45-37-44(55-40-54(42-19-7-1-8-20-42)61-59(62-55)43-21-9-2-10-22-43)31-34-56(45)65-57-35-32-50(63(46-23-11-3-12-24-46)47-25-13-4-14-26-47)38-52(57)53-39-51(33-36-58(53)65)64(48-27-15-5-16-28-48)49-29-17-6-18-30-49/h1-40H. The van der Waals surface area contributed by atoms with Crippen molar-refractivity contribution in [3.8, 4) is 45.7 Å². The number of benzene rings is 9. The Kier molecular flexibility index (Phi) is 10.2. The topological polar surface area (TPSA) is 61.0 Å². The van der Waals surface area contributed by atoms with E-state index in [0.717, 1.165) is 89.7 Å². The van der Waals surface area contributed by atoms with Gasteiger partial charge in [0.2, 0.25) is 0 Å². The molecule has 0 unspecified atom stereocenters. The molecule has 0 aliphatic rings. The van der Waals surface area contributed by atoms with Gasteiger partial charge in [-0.15, -0.1) is 0 Å². The highest BCUT2D eigenvalue weighted by atomic mass is 15.1. The Hall–Kier alpha value is -9.05. The number of para-hydroxylation sites is 4. The van der Waals surface area contributed by atoms with E-state index >= 15 is 0 Å². The molecule has 0 bridgehead atoms. The van der Waals surface area contributed by atoms with Gasteiger partial charge in [0.25, 0.3) is 0 Å². The molecule has 11 aromatic rings. The largest absolute Gasteiger partial charge is 0.310 e. The van der Waals surface area contributed by atoms with Crippen LogP contribution in [0.1, 0.15) is 5.56 Å². The molecular formula is C59H40N6. The summed E-state index contributed by atoms with van der Waals surface area (Å²) in [6.45, 7) is 0. The maximum Gasteiger partial charge on any atom is 0.160 e. The SMILES string of the molecule is N#Cc1cc(-c2cc(-c3ccccc3)nc(-c3ccccc3)n2)ccc1-n1c2ccc(N(c3ccccc3)c3ccccc3)cc2c2cc(N(c3ccccc3)c3ccccc3)ccc21. The lowest BCUT2D eigenvalue weighted by Gasteiger charge is -2.26. The second kappa shape index (κ2) is 17.0. The van der Waals surface area contributed by atoms with Crippen molar-refractivity contribution in [1.29, 1.82) is 5.26 Å². The predicted molar refractivity (Wildman–Crippen MR) is 267 cm³/mol. The predicted octanol–water partition coefficient (Wildman–Crippen LogP) is 15.4. The van der Waals surface area contributed by atoms with Gasteiger partial charge in [-0.2, -0.15) is 5.26 Å². The second-order valence-corrected chi connectivity index (χ2v) is 15.8. The first-order chi connectivity index (χ1) is 32.2. The number of aromatic nitrogens is 3. The molecule has 0 spiro atoms. The summed E-state index contributed by atoms with van der Waals surface area (Å²) in [5, 5.41) is 13.1. The van der Waals surface area contributed by atoms with Crippen LogP contribution < -0.4 is 9.80 Å². The first-order valence-electron chi connectivity index (χ1n) is 21.6. The molecule has 0 N–H and O–H groups in total. The third-order valence-corrected chi connectivity index (χ3v) is 11.8. The van der Waals surface area contributed by atoms with Gasteiger partial charge in [0.1, 0.15) is 6.07 Å². The van der Waals surface area contributed by atoms with Crippen molar-refractivity contribution >= 4 is 55.9 Å². The Morgan fingerprint density at radius 3 is 1.18 bits per heavy atom. The summed E-state index contributed by atoms with van der Waals surface area (Å²) < 4.78 is 2.23. The van der Waals surface area contributed by atoms with Crippen LogP contribution in [0.25, 0.3) is 61.4 Å². The van der Waals surface area contributed by atoms with Crippen LogP contribution in [0.15, 0.2) is 243 Å². The minimum absolute atomic E-state index is 0.529. The Balaban J connectivity index is 1.12. The fraction of sp³-hybridized carbons (Fsp3) is 0. The van der Waals surface area contributed by atoms with E-state index in [1.165, 1.54) is 0 Å². The Labute approximate surface area is 377 Å². The molecule has 0 aliphatic heterocycles. The van der Waals surface area contributed by atoms with Crippen LogP contribution in [0, 0.1) is 11.3 Å². The van der Waals surface area contributed by atoms with Gasteiger partial charge in [0.05, 0.1) is 33.7 Å². The van der Waals surface area contributed by atoms with Gasteiger partial charge in [-0.05, 0) is 103 Å². The molecule has 0 amide bonds. The van der Waals surface area contributed by atoms with Crippen molar-refractivity contribution in [3.05, 3.63) is 248 Å². The highest BCUT2D eigenvalue weighted by molar-refractivity contribution is 6.12. The Bertz CT molecular complexity index is 3200. The van der Waals surface area contributed by atoms with Gasteiger partial charge in [-0.3, -0.25) is 0 Å². The van der Waals surface area contributed by atoms with Crippen molar-refractivity contribution in [3.63, 3.8) is 0 Å². The molecule has 2 heterocycles. The van der Waals surface area contributed by atoms with E-state index in [0.29, 0.717) is 11.4 Å². The van der Waals surface area contributed by atoms with Crippen molar-refractivity contribution in [2.45, 2.75) is 0 Å². The minimum atomic E-state index is 0.529. The quantitative estimate of drug-likeness (QED) is 0.137. The molecule has 11 rings (SSSR count). The zero-order chi connectivity index (χ0) is 43.5. The summed E-state index contributed by atoms with van der Waals surface area (Å²) in [7, 11) is 0. The molecule has 9 aromatic carbocycles. The van der Waals surface area contributed by atoms with Gasteiger partial charge in [-0.25, -0.2) is 9.97 Å². The molecule has 6 nitrogen and oxygen atoms in total. The monoisotopic (exact) mass is 832 g/mol. The maximum atomic E-state index is 11.0. The van der Waals surface area contributed by atoms with Crippen molar-refractivity contribution in [2.24, 2.45) is 0 Å². The fourth-order valence-corrected chi connectivity index (χ4v) is 8.79. The Morgan fingerprint density at radius 1 is 0.354 bits per heavy atom. The molecule has 0 aliphatic carbocycles. The summed E-state index contributed by atoms with van der Waals surface area (Å²) in [4.78, 5) is 14.7. The first-order valence-corrected chi connectivity index (χ1v) is 21.6. The van der Waals surface area contributed by atoms with Crippen LogP contribution >= 0.6 is 0 Å². The first kappa shape index (κ1) is 38.8. The number of hydrogen-bond donors (Lipinski definition) is 0. The number of fused-ring (bicyclic) bond motifs is 3. The van der Waals surface area contributed by atoms with Crippen molar-refractivity contribution in [1.82, 2.24) is 14.5 Å². The van der Waals surface area contributed by atoms with Crippen LogP contribution in [0.3, 0.4) is 0 Å². The van der Waals surface area contributed by atoms with Crippen LogP contribution in [0.5, 0.6) is 0 Å². The summed E-state index contributed by atoms with van der Waals surface area (Å²) >= 11 is 0. The fourth-order valence-electron chi connectivity index (χ4n) is 8.79. The Morgan fingerprint density at radius 2 is 0.754 bits per heavy atom. The van der Waals surface area contributed by atoms with E-state index in [1.54, 1.807) is 0 Å². The molecule has 0 saturated heterocycles. The molecule has 65 heavy (non-hydrogen) atoms. The maximum absolute atomic E-state index is 11.0. The molecule has 0 saturated carbocycles. The molecule has 0 atom stereocenters. The lowest BCUT2D eigenvalue weighted by molar-refractivity contribution is 1.16.